The van der Waals surface area contributed by atoms with Crippen molar-refractivity contribution in [3.63, 3.8) is 0 Å². The number of aliphatic hydroxyl groups excluding tert-OH is 1. The Bertz CT molecular complexity index is 1410. The fourth-order valence-electron chi connectivity index (χ4n) is 3.76. The maximum absolute atomic E-state index is 13.1. The molecule has 5 rings (SSSR count). The maximum Gasteiger partial charge on any atom is 0.265 e. The van der Waals surface area contributed by atoms with Crippen LogP contribution in [0.25, 0.3) is 27.3 Å². The highest BCUT2D eigenvalue weighted by atomic mass is 16.3. The van der Waals surface area contributed by atoms with Crippen molar-refractivity contribution in [2.45, 2.75) is 12.6 Å². The van der Waals surface area contributed by atoms with Gasteiger partial charge in [-0.15, -0.1) is 0 Å². The van der Waals surface area contributed by atoms with Crippen LogP contribution >= 0.6 is 0 Å². The molecule has 5 aromatic rings. The number of nitrogens with one attached hydrogen (secondary N) is 1. The molecule has 1 atom stereocenters. The van der Waals surface area contributed by atoms with Crippen molar-refractivity contribution in [3.8, 4) is 0 Å². The fourth-order valence-corrected chi connectivity index (χ4v) is 3.76. The second-order valence-corrected chi connectivity index (χ2v) is 7.25. The predicted octanol–water partition coefficient (Wildman–Crippen LogP) is 3.22. The minimum Gasteiger partial charge on any atom is -0.374 e. The van der Waals surface area contributed by atoms with Gasteiger partial charge in [0.15, 0.2) is 0 Å². The zero-order valence-corrected chi connectivity index (χ0v) is 16.2. The molecule has 30 heavy (non-hydrogen) atoms. The first-order valence-corrected chi connectivity index (χ1v) is 9.85. The monoisotopic (exact) mass is 396 g/mol. The van der Waals surface area contributed by atoms with E-state index in [1.165, 1.54) is 4.40 Å². The molecule has 0 aliphatic heterocycles. The third-order valence-corrected chi connectivity index (χ3v) is 5.33. The van der Waals surface area contributed by atoms with E-state index in [2.05, 4.69) is 10.3 Å². The maximum atomic E-state index is 13.1. The minimum absolute atomic E-state index is 0.147. The summed E-state index contributed by atoms with van der Waals surface area (Å²) in [5.74, 6) is 0. The summed E-state index contributed by atoms with van der Waals surface area (Å²) in [6.45, 7) is 0.578. The molecule has 0 bridgehead atoms. The van der Waals surface area contributed by atoms with Crippen LogP contribution in [0.1, 0.15) is 17.4 Å². The zero-order chi connectivity index (χ0) is 20.5. The summed E-state index contributed by atoms with van der Waals surface area (Å²) in [5.41, 5.74) is 2.63. The highest BCUT2D eigenvalue weighted by molar-refractivity contribution is 5.96. The van der Waals surface area contributed by atoms with Gasteiger partial charge in [-0.25, -0.2) is 4.98 Å². The van der Waals surface area contributed by atoms with Crippen molar-refractivity contribution in [3.05, 3.63) is 101 Å². The molecule has 3 heterocycles. The number of hydrogen-bond acceptors (Lipinski definition) is 5. The van der Waals surface area contributed by atoms with Crippen LogP contribution in [0.4, 0.5) is 0 Å². The second kappa shape index (κ2) is 7.67. The van der Waals surface area contributed by atoms with Gasteiger partial charge in [-0.05, 0) is 59.2 Å². The number of pyridine rings is 2. The van der Waals surface area contributed by atoms with Crippen molar-refractivity contribution in [1.82, 2.24) is 19.7 Å². The second-order valence-electron chi connectivity index (χ2n) is 7.25. The first-order chi connectivity index (χ1) is 14.7. The van der Waals surface area contributed by atoms with E-state index in [1.54, 1.807) is 30.7 Å². The van der Waals surface area contributed by atoms with Crippen LogP contribution in [0.2, 0.25) is 0 Å². The highest BCUT2D eigenvalue weighted by Crippen LogP contribution is 2.22. The van der Waals surface area contributed by atoms with Crippen LogP contribution in [-0.4, -0.2) is 26.0 Å². The Morgan fingerprint density at radius 2 is 1.77 bits per heavy atom. The SMILES string of the molecule is O=c1c2cc3ccccc3cc2nc2c(C(O)NCCc3ccncc3)cccn12. The summed E-state index contributed by atoms with van der Waals surface area (Å²) in [5, 5.41) is 16.4. The molecule has 3 aromatic heterocycles. The van der Waals surface area contributed by atoms with E-state index in [0.717, 1.165) is 22.8 Å². The topological polar surface area (TPSA) is 79.5 Å². The van der Waals surface area contributed by atoms with Gasteiger partial charge in [-0.3, -0.25) is 19.5 Å². The Morgan fingerprint density at radius 3 is 2.57 bits per heavy atom. The number of hydrogen-bond donors (Lipinski definition) is 2. The van der Waals surface area contributed by atoms with Crippen LogP contribution in [0.3, 0.4) is 0 Å². The molecule has 2 N–H and O–H groups in total. The third-order valence-electron chi connectivity index (χ3n) is 5.33. The van der Waals surface area contributed by atoms with Crippen molar-refractivity contribution in [2.24, 2.45) is 0 Å². The molecule has 0 saturated carbocycles. The lowest BCUT2D eigenvalue weighted by Crippen LogP contribution is -2.25. The van der Waals surface area contributed by atoms with Gasteiger partial charge >= 0.3 is 0 Å². The predicted molar refractivity (Wildman–Crippen MR) is 117 cm³/mol. The Morgan fingerprint density at radius 1 is 1.00 bits per heavy atom. The lowest BCUT2D eigenvalue weighted by atomic mass is 10.1. The molecular formula is C24H20N4O2. The van der Waals surface area contributed by atoms with Gasteiger partial charge in [0.05, 0.1) is 10.9 Å². The van der Waals surface area contributed by atoms with Crippen LogP contribution in [0.15, 0.2) is 84.0 Å². The van der Waals surface area contributed by atoms with Crippen LogP contribution in [-0.2, 0) is 6.42 Å². The molecule has 0 aliphatic rings. The fraction of sp³-hybridized carbons (Fsp3) is 0.125. The molecule has 0 fully saturated rings. The van der Waals surface area contributed by atoms with Crippen molar-refractivity contribution < 1.29 is 5.11 Å². The Balaban J connectivity index is 1.53. The van der Waals surface area contributed by atoms with Gasteiger partial charge in [0, 0.05) is 30.7 Å². The van der Waals surface area contributed by atoms with Crippen LogP contribution < -0.4 is 10.9 Å². The third kappa shape index (κ3) is 3.32. The number of nitrogens with zero attached hydrogens (tertiary/aromatic N) is 3. The van der Waals surface area contributed by atoms with Crippen LogP contribution in [0, 0.1) is 0 Å². The number of benzene rings is 2. The largest absolute Gasteiger partial charge is 0.374 e. The quantitative estimate of drug-likeness (QED) is 0.352. The van der Waals surface area contributed by atoms with E-state index < -0.39 is 6.23 Å². The molecular weight excluding hydrogens is 376 g/mol. The van der Waals surface area contributed by atoms with Gasteiger partial charge in [0.2, 0.25) is 0 Å². The van der Waals surface area contributed by atoms with Crippen molar-refractivity contribution in [2.75, 3.05) is 6.54 Å². The normalized spacial score (nSPS) is 12.6. The Hall–Kier alpha value is -3.61. The van der Waals surface area contributed by atoms with Crippen LogP contribution in [0.5, 0.6) is 0 Å². The molecule has 1 unspecified atom stereocenters. The molecule has 0 radical (unpaired) electrons. The van der Waals surface area contributed by atoms with E-state index >= 15 is 0 Å². The highest BCUT2D eigenvalue weighted by Gasteiger charge is 2.15. The average Bonchev–Trinajstić information content (AvgIpc) is 2.78. The molecule has 0 saturated heterocycles. The Labute approximate surface area is 172 Å². The summed E-state index contributed by atoms with van der Waals surface area (Å²) >= 11 is 0. The van der Waals surface area contributed by atoms with Gasteiger partial charge < -0.3 is 5.11 Å². The summed E-state index contributed by atoms with van der Waals surface area (Å²) in [6, 6.07) is 19.1. The van der Waals surface area contributed by atoms with E-state index in [0.29, 0.717) is 28.7 Å². The summed E-state index contributed by atoms with van der Waals surface area (Å²) in [7, 11) is 0. The summed E-state index contributed by atoms with van der Waals surface area (Å²) in [4.78, 5) is 21.9. The number of aliphatic hydroxyl groups is 1. The molecule has 0 amide bonds. The summed E-state index contributed by atoms with van der Waals surface area (Å²) < 4.78 is 1.50. The molecule has 6 nitrogen and oxygen atoms in total. The molecule has 2 aromatic carbocycles. The standard InChI is InChI=1S/C24H20N4O2/c29-23(26-12-9-16-7-10-25-11-8-16)19-6-3-13-28-22(19)27-21-15-18-5-2-1-4-17(18)14-20(21)24(28)30/h1-8,10-11,13-15,23,26,29H,9,12H2. The van der Waals surface area contributed by atoms with Crippen molar-refractivity contribution >= 4 is 27.3 Å². The van der Waals surface area contributed by atoms with Gasteiger partial charge in [-0.1, -0.05) is 24.3 Å². The van der Waals surface area contributed by atoms with E-state index in [4.69, 9.17) is 4.98 Å². The first-order valence-electron chi connectivity index (χ1n) is 9.85. The average molecular weight is 396 g/mol. The van der Waals surface area contributed by atoms with Gasteiger partial charge in [0.25, 0.3) is 5.56 Å². The zero-order valence-electron chi connectivity index (χ0n) is 16.2. The molecule has 0 aliphatic carbocycles. The van der Waals surface area contributed by atoms with E-state index in [1.807, 2.05) is 48.5 Å². The number of fused-ring (bicyclic) bond motifs is 3. The lowest BCUT2D eigenvalue weighted by Gasteiger charge is -2.16. The van der Waals surface area contributed by atoms with E-state index in [9.17, 15) is 9.90 Å². The first kappa shape index (κ1) is 18.4. The molecule has 6 heteroatoms. The number of rotatable bonds is 5. The minimum atomic E-state index is -0.937. The smallest absolute Gasteiger partial charge is 0.265 e. The van der Waals surface area contributed by atoms with Gasteiger partial charge in [-0.2, -0.15) is 0 Å². The van der Waals surface area contributed by atoms with E-state index in [-0.39, 0.29) is 5.56 Å². The summed E-state index contributed by atoms with van der Waals surface area (Å²) in [6.07, 6.45) is 5.01. The van der Waals surface area contributed by atoms with Gasteiger partial charge in [0.1, 0.15) is 11.9 Å². The van der Waals surface area contributed by atoms with Crippen molar-refractivity contribution in [1.29, 1.82) is 0 Å². The molecule has 148 valence electrons. The Kier molecular flexibility index (Phi) is 4.71. The number of aromatic nitrogens is 3. The lowest BCUT2D eigenvalue weighted by molar-refractivity contribution is 0.141. The molecule has 0 spiro atoms.